The summed E-state index contributed by atoms with van der Waals surface area (Å²) in [6, 6.07) is 25.3. The maximum absolute atomic E-state index is 14.5. The number of nitrogens with zero attached hydrogens (tertiary/aromatic N) is 2. The van der Waals surface area contributed by atoms with Gasteiger partial charge in [0.1, 0.15) is 18.3 Å². The van der Waals surface area contributed by atoms with Crippen molar-refractivity contribution in [3.63, 3.8) is 0 Å². The molecule has 2 amide bonds. The first kappa shape index (κ1) is 34.1. The van der Waals surface area contributed by atoms with E-state index in [0.29, 0.717) is 20.6 Å². The lowest BCUT2D eigenvalue weighted by molar-refractivity contribution is -0.139. The van der Waals surface area contributed by atoms with Gasteiger partial charge in [-0.25, -0.2) is 8.42 Å². The fraction of sp³-hybridized carbons (Fsp3) is 0.212. The van der Waals surface area contributed by atoms with Crippen LogP contribution in [0.1, 0.15) is 18.1 Å². The van der Waals surface area contributed by atoms with Crippen LogP contribution in [0, 0.1) is 0 Å². The molecule has 0 radical (unpaired) electrons. The highest BCUT2D eigenvalue weighted by Crippen LogP contribution is 2.34. The van der Waals surface area contributed by atoms with Gasteiger partial charge in [0.2, 0.25) is 11.8 Å². The Hall–Kier alpha value is -3.76. The first-order chi connectivity index (χ1) is 21.6. The fourth-order valence-corrected chi connectivity index (χ4v) is 6.83. The van der Waals surface area contributed by atoms with Crippen LogP contribution in [0.15, 0.2) is 102 Å². The van der Waals surface area contributed by atoms with Gasteiger partial charge in [-0.05, 0) is 61.0 Å². The third-order valence-electron chi connectivity index (χ3n) is 7.02. The third kappa shape index (κ3) is 8.29. The van der Waals surface area contributed by atoms with Crippen LogP contribution in [0.3, 0.4) is 0 Å². The summed E-state index contributed by atoms with van der Waals surface area (Å²) in [5.74, 6) is -0.852. The summed E-state index contributed by atoms with van der Waals surface area (Å²) in [5.41, 5.74) is 1.36. The van der Waals surface area contributed by atoms with Crippen molar-refractivity contribution < 1.29 is 22.7 Å². The molecule has 0 spiro atoms. The first-order valence-electron chi connectivity index (χ1n) is 14.0. The van der Waals surface area contributed by atoms with Gasteiger partial charge in [-0.1, -0.05) is 83.3 Å². The number of para-hydroxylation sites is 2. The minimum atomic E-state index is -4.35. The topological polar surface area (TPSA) is 96.0 Å². The van der Waals surface area contributed by atoms with Crippen LogP contribution in [0.25, 0.3) is 0 Å². The van der Waals surface area contributed by atoms with Crippen molar-refractivity contribution in [2.24, 2.45) is 0 Å². The summed E-state index contributed by atoms with van der Waals surface area (Å²) in [6.07, 6.45) is 0.147. The monoisotopic (exact) mass is 687 g/mol. The number of hydrogen-bond acceptors (Lipinski definition) is 5. The molecule has 236 valence electrons. The average molecular weight is 689 g/mol. The van der Waals surface area contributed by atoms with E-state index in [2.05, 4.69) is 5.32 Å². The predicted molar refractivity (Wildman–Crippen MR) is 179 cm³/mol. The summed E-state index contributed by atoms with van der Waals surface area (Å²) >= 11 is 19.1. The van der Waals surface area contributed by atoms with E-state index in [1.54, 1.807) is 49.4 Å². The zero-order valence-electron chi connectivity index (χ0n) is 24.6. The van der Waals surface area contributed by atoms with Crippen LogP contribution in [0.2, 0.25) is 15.1 Å². The Balaban J connectivity index is 1.85. The second-order valence-corrected chi connectivity index (χ2v) is 13.0. The number of likely N-dealkylation sites (N-methyl/N-ethyl adjacent to an activating group) is 1. The van der Waals surface area contributed by atoms with Crippen LogP contribution >= 0.6 is 34.8 Å². The molecule has 8 nitrogen and oxygen atoms in total. The molecule has 4 aromatic rings. The Morgan fingerprint density at radius 3 is 2.09 bits per heavy atom. The molecule has 1 atom stereocenters. The number of carbonyl (C=O) groups is 2. The minimum absolute atomic E-state index is 0.0844. The van der Waals surface area contributed by atoms with Crippen LogP contribution in [0.5, 0.6) is 5.75 Å². The molecular weight excluding hydrogens is 657 g/mol. The maximum atomic E-state index is 14.5. The highest BCUT2D eigenvalue weighted by atomic mass is 35.5. The number of halogens is 3. The SMILES string of the molecule is CCOc1ccccc1N(CC(=O)N(Cc1c(Cl)cccc1Cl)[C@@H](Cc1ccccc1)C(=O)NC)S(=O)(=O)c1ccc(Cl)cc1. The van der Waals surface area contributed by atoms with E-state index in [4.69, 9.17) is 39.5 Å². The Morgan fingerprint density at radius 1 is 0.844 bits per heavy atom. The van der Waals surface area contributed by atoms with Gasteiger partial charge in [0.15, 0.2) is 0 Å². The molecule has 0 aromatic heterocycles. The summed E-state index contributed by atoms with van der Waals surface area (Å²) in [5, 5.41) is 3.58. The maximum Gasteiger partial charge on any atom is 0.264 e. The molecule has 0 bridgehead atoms. The van der Waals surface area contributed by atoms with Gasteiger partial charge in [0, 0.05) is 40.6 Å². The molecule has 1 N–H and O–H groups in total. The minimum Gasteiger partial charge on any atom is -0.492 e. The molecule has 0 aliphatic heterocycles. The lowest BCUT2D eigenvalue weighted by Gasteiger charge is -2.34. The average Bonchev–Trinajstić information content (AvgIpc) is 3.03. The molecular formula is C33H32Cl3N3O5S. The van der Waals surface area contributed by atoms with E-state index in [9.17, 15) is 18.0 Å². The molecule has 0 aliphatic carbocycles. The van der Waals surface area contributed by atoms with E-state index in [1.807, 2.05) is 30.3 Å². The van der Waals surface area contributed by atoms with Crippen molar-refractivity contribution in [3.8, 4) is 5.75 Å². The molecule has 0 saturated carbocycles. The molecule has 0 unspecified atom stereocenters. The van der Waals surface area contributed by atoms with E-state index in [-0.39, 0.29) is 35.9 Å². The lowest BCUT2D eigenvalue weighted by Crippen LogP contribution is -2.53. The standard InChI is InChI=1S/C33H32Cl3N3O5S/c1-3-44-31-15-8-7-14-29(31)39(45(42,43)25-18-16-24(34)17-19-25)22-32(40)38(21-26-27(35)12-9-13-28(26)36)30(33(41)37-2)20-23-10-5-4-6-11-23/h4-19,30H,3,20-22H2,1-2H3,(H,37,41)/t30-/m0/s1. The summed E-state index contributed by atoms with van der Waals surface area (Å²) in [6.45, 7) is 1.20. The highest BCUT2D eigenvalue weighted by Gasteiger charge is 2.35. The van der Waals surface area contributed by atoms with Crippen LogP contribution in [0.4, 0.5) is 5.69 Å². The number of anilines is 1. The van der Waals surface area contributed by atoms with Gasteiger partial charge >= 0.3 is 0 Å². The summed E-state index contributed by atoms with van der Waals surface area (Å²) in [4.78, 5) is 29.2. The predicted octanol–water partition coefficient (Wildman–Crippen LogP) is 6.63. The largest absolute Gasteiger partial charge is 0.492 e. The highest BCUT2D eigenvalue weighted by molar-refractivity contribution is 7.92. The molecule has 0 aliphatic rings. The molecule has 0 fully saturated rings. The quantitative estimate of drug-likeness (QED) is 0.170. The van der Waals surface area contributed by atoms with Gasteiger partial charge in [-0.3, -0.25) is 13.9 Å². The number of ether oxygens (including phenoxy) is 1. The smallest absolute Gasteiger partial charge is 0.264 e. The van der Waals surface area contributed by atoms with Crippen molar-refractivity contribution in [1.29, 1.82) is 0 Å². The van der Waals surface area contributed by atoms with Gasteiger partial charge in [0.05, 0.1) is 17.2 Å². The van der Waals surface area contributed by atoms with E-state index >= 15 is 0 Å². The fourth-order valence-electron chi connectivity index (χ4n) is 4.76. The number of amides is 2. The molecule has 4 aromatic carbocycles. The van der Waals surface area contributed by atoms with E-state index in [0.717, 1.165) is 9.87 Å². The zero-order chi connectivity index (χ0) is 32.6. The number of carbonyl (C=O) groups excluding carboxylic acids is 2. The first-order valence-corrected chi connectivity index (χ1v) is 16.6. The van der Waals surface area contributed by atoms with Crippen LogP contribution in [-0.4, -0.2) is 51.4 Å². The molecule has 0 saturated heterocycles. The Morgan fingerprint density at radius 2 is 1.47 bits per heavy atom. The van der Waals surface area contributed by atoms with Gasteiger partial charge in [-0.15, -0.1) is 0 Å². The van der Waals surface area contributed by atoms with Gasteiger partial charge < -0.3 is 15.0 Å². The Kier molecular flexibility index (Phi) is 11.7. The van der Waals surface area contributed by atoms with Gasteiger partial charge in [0.25, 0.3) is 10.0 Å². The zero-order valence-corrected chi connectivity index (χ0v) is 27.7. The summed E-state index contributed by atoms with van der Waals surface area (Å²) in [7, 11) is -2.87. The number of rotatable bonds is 13. The lowest BCUT2D eigenvalue weighted by atomic mass is 10.0. The van der Waals surface area contributed by atoms with E-state index in [1.165, 1.54) is 36.2 Å². The van der Waals surface area contributed by atoms with E-state index < -0.39 is 34.4 Å². The van der Waals surface area contributed by atoms with Crippen molar-refractivity contribution in [2.45, 2.75) is 30.8 Å². The summed E-state index contributed by atoms with van der Waals surface area (Å²) < 4.78 is 35.2. The van der Waals surface area contributed by atoms with Crippen molar-refractivity contribution in [2.75, 3.05) is 24.5 Å². The van der Waals surface area contributed by atoms with Crippen LogP contribution in [-0.2, 0) is 32.6 Å². The third-order valence-corrected chi connectivity index (χ3v) is 9.76. The normalized spacial score (nSPS) is 11.8. The van der Waals surface area contributed by atoms with Gasteiger partial charge in [-0.2, -0.15) is 0 Å². The number of benzene rings is 4. The molecule has 12 heteroatoms. The van der Waals surface area contributed by atoms with Crippen molar-refractivity contribution in [1.82, 2.24) is 10.2 Å². The van der Waals surface area contributed by atoms with Crippen molar-refractivity contribution >= 4 is 62.3 Å². The molecule has 0 heterocycles. The molecule has 45 heavy (non-hydrogen) atoms. The second-order valence-electron chi connectivity index (χ2n) is 9.91. The van der Waals surface area contributed by atoms with Crippen molar-refractivity contribution in [3.05, 3.63) is 123 Å². The molecule has 4 rings (SSSR count). The Labute approximate surface area is 278 Å². The van der Waals surface area contributed by atoms with Crippen LogP contribution < -0.4 is 14.4 Å². The second kappa shape index (κ2) is 15.5. The Bertz CT molecular complexity index is 1720. The number of nitrogens with one attached hydrogen (secondary N) is 1. The number of sulfonamides is 1. The number of hydrogen-bond donors (Lipinski definition) is 1.